The quantitative estimate of drug-likeness (QED) is 0.649. The van der Waals surface area contributed by atoms with E-state index in [0.29, 0.717) is 43.9 Å². The maximum absolute atomic E-state index is 13.2. The highest BCUT2D eigenvalue weighted by molar-refractivity contribution is 5.90. The van der Waals surface area contributed by atoms with Crippen molar-refractivity contribution in [1.29, 1.82) is 0 Å². The second-order valence-corrected chi connectivity index (χ2v) is 11.2. The van der Waals surface area contributed by atoms with Crippen molar-refractivity contribution in [2.45, 2.75) is 61.7 Å². The molecule has 3 aliphatic carbocycles. The number of amides is 1. The summed E-state index contributed by atoms with van der Waals surface area (Å²) in [5.74, 6) is 1.58. The Morgan fingerprint density at radius 3 is 2.88 bits per heavy atom. The largest absolute Gasteiger partial charge is 0.477 e. The molecule has 1 aromatic rings. The molecule has 1 amide bonds. The molecule has 2 bridgehead atoms. The third-order valence-corrected chi connectivity index (χ3v) is 9.23. The smallest absolute Gasteiger partial charge is 0.415 e. The Morgan fingerprint density at radius 1 is 1.36 bits per heavy atom. The Labute approximate surface area is 194 Å². The van der Waals surface area contributed by atoms with Gasteiger partial charge >= 0.3 is 6.09 Å². The summed E-state index contributed by atoms with van der Waals surface area (Å²) in [7, 11) is 3.93. The highest BCUT2D eigenvalue weighted by Crippen LogP contribution is 2.66. The summed E-state index contributed by atoms with van der Waals surface area (Å²) < 4.78 is 12.9. The van der Waals surface area contributed by atoms with Gasteiger partial charge in [-0.25, -0.2) is 4.79 Å². The summed E-state index contributed by atoms with van der Waals surface area (Å²) >= 11 is 0. The molecule has 0 aromatic heterocycles. The topological polar surface area (TPSA) is 102 Å². The van der Waals surface area contributed by atoms with E-state index >= 15 is 0 Å². The van der Waals surface area contributed by atoms with Gasteiger partial charge in [0.15, 0.2) is 23.4 Å². The Bertz CT molecular complexity index is 1040. The number of carbonyl (C=O) groups is 2. The number of nitrogens with two attached hydrogens (primary N) is 1. The van der Waals surface area contributed by atoms with Crippen LogP contribution in [0, 0.1) is 5.92 Å². The number of ketones is 1. The molecule has 1 aromatic carbocycles. The van der Waals surface area contributed by atoms with E-state index in [9.17, 15) is 14.7 Å². The van der Waals surface area contributed by atoms with E-state index in [1.807, 2.05) is 6.07 Å². The number of quaternary nitrogens is 1. The zero-order valence-corrected chi connectivity index (χ0v) is 19.5. The average molecular weight is 457 g/mol. The van der Waals surface area contributed by atoms with Crippen LogP contribution in [0.15, 0.2) is 12.1 Å². The minimum atomic E-state index is -1.01. The Morgan fingerprint density at radius 2 is 2.15 bits per heavy atom. The molecule has 6 rings (SSSR count). The molecule has 1 spiro atoms. The molecule has 8 heteroatoms. The minimum absolute atomic E-state index is 0.0357. The highest BCUT2D eigenvalue weighted by atomic mass is 16.6. The lowest BCUT2D eigenvalue weighted by molar-refractivity contribution is -0.950. The SMILES string of the molecule is CN(CCN)C(=O)Oc1ccc2c3c1OC1C(=O)CCC4(O)[C@@H](C2)[N+](C)(CC2CC2)CCC314. The fraction of sp³-hybridized carbons (Fsp3) is 0.680. The zero-order chi connectivity index (χ0) is 23.2. The number of Topliss-reactive ketones (excluding diaryl/α,β-unsaturated/α-hetero) is 1. The van der Waals surface area contributed by atoms with Crippen LogP contribution in [0.3, 0.4) is 0 Å². The van der Waals surface area contributed by atoms with Crippen molar-refractivity contribution in [1.82, 2.24) is 4.90 Å². The molecule has 2 aliphatic heterocycles. The van der Waals surface area contributed by atoms with Crippen LogP contribution in [-0.4, -0.2) is 84.4 Å². The van der Waals surface area contributed by atoms with Crippen LogP contribution >= 0.6 is 0 Å². The molecular weight excluding hydrogens is 422 g/mol. The minimum Gasteiger partial charge on any atom is -0.477 e. The number of likely N-dealkylation sites (tertiary alicyclic amines) is 1. The highest BCUT2D eigenvalue weighted by Gasteiger charge is 2.76. The van der Waals surface area contributed by atoms with E-state index in [1.165, 1.54) is 17.7 Å². The van der Waals surface area contributed by atoms with Gasteiger partial charge in [-0.3, -0.25) is 4.79 Å². The molecule has 2 heterocycles. The van der Waals surface area contributed by atoms with Gasteiger partial charge in [-0.15, -0.1) is 0 Å². The van der Waals surface area contributed by atoms with E-state index in [-0.39, 0.29) is 11.8 Å². The number of rotatable bonds is 5. The summed E-state index contributed by atoms with van der Waals surface area (Å²) in [6, 6.07) is 3.83. The van der Waals surface area contributed by atoms with Gasteiger partial charge in [0.25, 0.3) is 0 Å². The number of benzene rings is 1. The lowest BCUT2D eigenvalue weighted by Crippen LogP contribution is -2.80. The Kier molecular flexibility index (Phi) is 4.49. The van der Waals surface area contributed by atoms with E-state index in [4.69, 9.17) is 15.2 Å². The van der Waals surface area contributed by atoms with Crippen molar-refractivity contribution in [3.05, 3.63) is 23.3 Å². The van der Waals surface area contributed by atoms with Gasteiger partial charge < -0.3 is 29.7 Å². The number of piperidine rings is 1. The molecule has 5 aliphatic rings. The number of hydrogen-bond acceptors (Lipinski definition) is 6. The molecular formula is C25H34N3O5+. The van der Waals surface area contributed by atoms with Crippen molar-refractivity contribution in [3.63, 3.8) is 0 Å². The van der Waals surface area contributed by atoms with E-state index in [0.717, 1.165) is 41.0 Å². The van der Waals surface area contributed by atoms with E-state index in [1.54, 1.807) is 13.1 Å². The number of nitrogens with zero attached hydrogens (tertiary/aromatic N) is 2. The van der Waals surface area contributed by atoms with Crippen LogP contribution in [0.2, 0.25) is 0 Å². The first-order valence-electron chi connectivity index (χ1n) is 12.3. The molecule has 5 atom stereocenters. The molecule has 8 nitrogen and oxygen atoms in total. The molecule has 3 fully saturated rings. The number of carbonyl (C=O) groups excluding carboxylic acids is 2. The predicted molar refractivity (Wildman–Crippen MR) is 120 cm³/mol. The Balaban J connectivity index is 1.46. The molecule has 178 valence electrons. The van der Waals surface area contributed by atoms with Gasteiger partial charge in [0.2, 0.25) is 0 Å². The molecule has 3 N–H and O–H groups in total. The number of hydrogen-bond donors (Lipinski definition) is 2. The summed E-state index contributed by atoms with van der Waals surface area (Å²) in [5.41, 5.74) is 5.83. The first-order valence-corrected chi connectivity index (χ1v) is 12.3. The fourth-order valence-corrected chi connectivity index (χ4v) is 7.47. The lowest BCUT2D eigenvalue weighted by atomic mass is 9.48. The first kappa shape index (κ1) is 21.4. The van der Waals surface area contributed by atoms with Crippen LogP contribution in [0.4, 0.5) is 4.79 Å². The predicted octanol–water partition coefficient (Wildman–Crippen LogP) is 1.35. The third kappa shape index (κ3) is 2.74. The van der Waals surface area contributed by atoms with Crippen molar-refractivity contribution in [3.8, 4) is 11.5 Å². The number of aliphatic hydroxyl groups is 1. The lowest BCUT2D eigenvalue weighted by Gasteiger charge is -2.64. The van der Waals surface area contributed by atoms with Gasteiger partial charge in [-0.05, 0) is 30.9 Å². The standard InChI is InChI=1S/C25H34N3O5/c1-27(11-10-26)23(30)32-18-6-5-16-13-19-25(31)8-7-17(29)22-24(25,20(16)21(18)33-22)9-12-28(19,2)14-15-3-4-15/h5-6,15,19,22,31H,3-4,7-14,26H2,1-2H3/q+1/t19-,22?,24?,25?,28?/m1/s1. The normalized spacial score (nSPS) is 37.9. The zero-order valence-electron chi connectivity index (χ0n) is 19.5. The average Bonchev–Trinajstić information content (AvgIpc) is 3.50. The summed E-state index contributed by atoms with van der Waals surface area (Å²) in [4.78, 5) is 27.2. The number of likely N-dealkylation sites (N-methyl/N-ethyl adjacent to an activating group) is 2. The van der Waals surface area contributed by atoms with E-state index in [2.05, 4.69) is 7.05 Å². The molecule has 4 unspecified atom stereocenters. The maximum atomic E-state index is 13.2. The fourth-order valence-electron chi connectivity index (χ4n) is 7.47. The Hall–Kier alpha value is -2.16. The van der Waals surface area contributed by atoms with Crippen molar-refractivity contribution >= 4 is 11.9 Å². The first-order chi connectivity index (χ1) is 15.7. The van der Waals surface area contributed by atoms with Gasteiger partial charge in [0.1, 0.15) is 11.6 Å². The molecule has 0 radical (unpaired) electrons. The van der Waals surface area contributed by atoms with Crippen molar-refractivity contribution < 1.29 is 28.7 Å². The van der Waals surface area contributed by atoms with Gasteiger partial charge in [-0.2, -0.15) is 0 Å². The summed E-state index contributed by atoms with van der Waals surface area (Å²) in [5, 5.41) is 12.5. The molecule has 33 heavy (non-hydrogen) atoms. The van der Waals surface area contributed by atoms with Crippen LogP contribution < -0.4 is 15.2 Å². The van der Waals surface area contributed by atoms with Crippen LogP contribution in [-0.2, 0) is 16.6 Å². The second-order valence-electron chi connectivity index (χ2n) is 11.2. The van der Waals surface area contributed by atoms with Crippen LogP contribution in [0.25, 0.3) is 0 Å². The summed E-state index contributed by atoms with van der Waals surface area (Å²) in [6.07, 6.45) is 3.56. The van der Waals surface area contributed by atoms with Crippen molar-refractivity contribution in [2.24, 2.45) is 11.7 Å². The second kappa shape index (κ2) is 6.93. The number of ether oxygens (including phenoxy) is 2. The van der Waals surface area contributed by atoms with Crippen molar-refractivity contribution in [2.75, 3.05) is 40.3 Å². The van der Waals surface area contributed by atoms with Crippen LogP contribution in [0.5, 0.6) is 11.5 Å². The van der Waals surface area contributed by atoms with Crippen LogP contribution in [0.1, 0.15) is 43.2 Å². The monoisotopic (exact) mass is 456 g/mol. The molecule has 1 saturated heterocycles. The van der Waals surface area contributed by atoms with E-state index < -0.39 is 23.2 Å². The maximum Gasteiger partial charge on any atom is 0.415 e. The van der Waals surface area contributed by atoms with Gasteiger partial charge in [-0.1, -0.05) is 6.07 Å². The van der Waals surface area contributed by atoms with Gasteiger partial charge in [0.05, 0.1) is 25.6 Å². The summed E-state index contributed by atoms with van der Waals surface area (Å²) in [6.45, 7) is 2.72. The molecule has 2 saturated carbocycles. The van der Waals surface area contributed by atoms with Gasteiger partial charge in [0, 0.05) is 50.9 Å². The third-order valence-electron chi connectivity index (χ3n) is 9.23.